The van der Waals surface area contributed by atoms with Crippen molar-refractivity contribution in [2.24, 2.45) is 0 Å². The molecule has 0 aliphatic heterocycles. The zero-order chi connectivity index (χ0) is 12.6. The smallest absolute Gasteiger partial charge is 0.221 e. The summed E-state index contributed by atoms with van der Waals surface area (Å²) in [5, 5.41) is 4.47. The summed E-state index contributed by atoms with van der Waals surface area (Å²) in [6.07, 6.45) is 1.38. The van der Waals surface area contributed by atoms with Gasteiger partial charge in [0.1, 0.15) is 0 Å². The number of benzene rings is 1. The Hall–Kier alpha value is -1.04. The van der Waals surface area contributed by atoms with Gasteiger partial charge in [0.15, 0.2) is 5.03 Å². The van der Waals surface area contributed by atoms with Crippen LogP contribution in [0.3, 0.4) is 0 Å². The van der Waals surface area contributed by atoms with Gasteiger partial charge in [0, 0.05) is 15.7 Å². The van der Waals surface area contributed by atoms with Crippen molar-refractivity contribution in [3.05, 3.63) is 41.0 Å². The number of nitrogens with zero attached hydrogens (tertiary/aromatic N) is 2. The minimum absolute atomic E-state index is 0.0652. The molecule has 0 bridgehead atoms. The molecule has 7 heteroatoms. The standard InChI is InChI=1S/C10H8Cl2N2O2S/c1-7-6-8(11)2-3-9(7)14-10(4-5-13-14)17(12,15)16/h2-6H,1H3. The van der Waals surface area contributed by atoms with Gasteiger partial charge in [-0.25, -0.2) is 13.1 Å². The molecule has 17 heavy (non-hydrogen) atoms. The third-order valence-corrected chi connectivity index (χ3v) is 3.76. The number of hydrogen-bond donors (Lipinski definition) is 0. The Bertz CT molecular complexity index is 665. The highest BCUT2D eigenvalue weighted by molar-refractivity contribution is 8.13. The van der Waals surface area contributed by atoms with E-state index in [9.17, 15) is 8.42 Å². The molecule has 0 radical (unpaired) electrons. The van der Waals surface area contributed by atoms with Gasteiger partial charge in [-0.05, 0) is 36.8 Å². The molecular weight excluding hydrogens is 283 g/mol. The number of rotatable bonds is 2. The van der Waals surface area contributed by atoms with E-state index in [1.807, 2.05) is 6.92 Å². The average Bonchev–Trinajstić information content (AvgIpc) is 2.65. The lowest BCUT2D eigenvalue weighted by atomic mass is 10.2. The third-order valence-electron chi connectivity index (χ3n) is 2.24. The summed E-state index contributed by atoms with van der Waals surface area (Å²) in [4.78, 5) is 0. The first-order valence-electron chi connectivity index (χ1n) is 4.65. The fraction of sp³-hybridized carbons (Fsp3) is 0.100. The van der Waals surface area contributed by atoms with E-state index < -0.39 is 9.05 Å². The third kappa shape index (κ3) is 2.46. The number of aromatic nitrogens is 2. The SMILES string of the molecule is Cc1cc(Cl)ccc1-n1nccc1S(=O)(=O)Cl. The largest absolute Gasteiger partial charge is 0.278 e. The van der Waals surface area contributed by atoms with E-state index >= 15 is 0 Å². The van der Waals surface area contributed by atoms with E-state index in [0.29, 0.717) is 10.7 Å². The van der Waals surface area contributed by atoms with E-state index in [4.69, 9.17) is 22.3 Å². The van der Waals surface area contributed by atoms with Gasteiger partial charge >= 0.3 is 0 Å². The molecule has 0 N–H and O–H groups in total. The highest BCUT2D eigenvalue weighted by Gasteiger charge is 2.18. The normalized spacial score (nSPS) is 11.7. The molecule has 2 rings (SSSR count). The predicted octanol–water partition coefficient (Wildman–Crippen LogP) is 2.76. The average molecular weight is 291 g/mol. The van der Waals surface area contributed by atoms with Crippen molar-refractivity contribution in [2.45, 2.75) is 11.9 Å². The van der Waals surface area contributed by atoms with Gasteiger partial charge in [-0.2, -0.15) is 5.10 Å². The first-order chi connectivity index (χ1) is 7.89. The van der Waals surface area contributed by atoms with Crippen LogP contribution in [-0.4, -0.2) is 18.2 Å². The Morgan fingerprint density at radius 1 is 1.29 bits per heavy atom. The summed E-state index contributed by atoms with van der Waals surface area (Å²) in [6, 6.07) is 6.42. The fourth-order valence-electron chi connectivity index (χ4n) is 1.51. The molecule has 90 valence electrons. The molecule has 0 unspecified atom stereocenters. The van der Waals surface area contributed by atoms with E-state index in [0.717, 1.165) is 5.56 Å². The lowest BCUT2D eigenvalue weighted by molar-refractivity contribution is 0.599. The molecule has 0 aliphatic rings. The number of hydrogen-bond acceptors (Lipinski definition) is 3. The Morgan fingerprint density at radius 2 is 2.00 bits per heavy atom. The lowest BCUT2D eigenvalue weighted by Crippen LogP contribution is -2.06. The van der Waals surface area contributed by atoms with Crippen LogP contribution >= 0.6 is 22.3 Å². The van der Waals surface area contributed by atoms with Crippen molar-refractivity contribution >= 4 is 31.3 Å². The Balaban J connectivity index is 2.66. The van der Waals surface area contributed by atoms with Crippen LogP contribution in [0.5, 0.6) is 0 Å². The highest BCUT2D eigenvalue weighted by Crippen LogP contribution is 2.23. The summed E-state index contributed by atoms with van der Waals surface area (Å²) in [5.41, 5.74) is 1.43. The zero-order valence-electron chi connectivity index (χ0n) is 8.76. The van der Waals surface area contributed by atoms with Crippen LogP contribution in [0.25, 0.3) is 5.69 Å². The minimum Gasteiger partial charge on any atom is -0.221 e. The van der Waals surface area contributed by atoms with Crippen LogP contribution in [-0.2, 0) is 9.05 Å². The number of halogens is 2. The van der Waals surface area contributed by atoms with Crippen molar-refractivity contribution in [1.29, 1.82) is 0 Å². The summed E-state index contributed by atoms with van der Waals surface area (Å²) >= 11 is 5.83. The van der Waals surface area contributed by atoms with Crippen molar-refractivity contribution < 1.29 is 8.42 Å². The van der Waals surface area contributed by atoms with E-state index in [1.165, 1.54) is 16.9 Å². The van der Waals surface area contributed by atoms with Gasteiger partial charge < -0.3 is 0 Å². The fourth-order valence-corrected chi connectivity index (χ4v) is 2.67. The van der Waals surface area contributed by atoms with Crippen molar-refractivity contribution in [3.63, 3.8) is 0 Å². The Morgan fingerprint density at radius 3 is 2.59 bits per heavy atom. The maximum Gasteiger partial charge on any atom is 0.278 e. The summed E-state index contributed by atoms with van der Waals surface area (Å²) < 4.78 is 24.0. The predicted molar refractivity (Wildman–Crippen MR) is 66.3 cm³/mol. The molecule has 0 aliphatic carbocycles. The van der Waals surface area contributed by atoms with Gasteiger partial charge in [-0.3, -0.25) is 0 Å². The molecule has 1 aromatic carbocycles. The maximum atomic E-state index is 11.3. The van der Waals surface area contributed by atoms with Crippen LogP contribution < -0.4 is 0 Å². The van der Waals surface area contributed by atoms with Gasteiger partial charge in [0.2, 0.25) is 0 Å². The van der Waals surface area contributed by atoms with Gasteiger partial charge in [-0.1, -0.05) is 11.6 Å². The summed E-state index contributed by atoms with van der Waals surface area (Å²) in [6.45, 7) is 1.81. The van der Waals surface area contributed by atoms with Crippen LogP contribution in [0.4, 0.5) is 0 Å². The first-order valence-corrected chi connectivity index (χ1v) is 7.33. The first kappa shape index (κ1) is 12.4. The molecular formula is C10H8Cl2N2O2S. The second-order valence-corrected chi connectivity index (χ2v) is 6.40. The molecule has 0 fully saturated rings. The van der Waals surface area contributed by atoms with Gasteiger partial charge in [0.05, 0.1) is 11.9 Å². The van der Waals surface area contributed by atoms with Crippen LogP contribution in [0, 0.1) is 6.92 Å². The number of aryl methyl sites for hydroxylation is 1. The maximum absolute atomic E-state index is 11.3. The molecule has 4 nitrogen and oxygen atoms in total. The Labute approximate surface area is 108 Å². The minimum atomic E-state index is -3.83. The van der Waals surface area contributed by atoms with Gasteiger partial charge in [-0.15, -0.1) is 0 Å². The summed E-state index contributed by atoms with van der Waals surface area (Å²) in [7, 11) is 1.50. The topological polar surface area (TPSA) is 52.0 Å². The second-order valence-electron chi connectivity index (χ2n) is 3.45. The molecule has 2 aromatic rings. The van der Waals surface area contributed by atoms with E-state index in [1.54, 1.807) is 18.2 Å². The van der Waals surface area contributed by atoms with E-state index in [-0.39, 0.29) is 5.03 Å². The summed E-state index contributed by atoms with van der Waals surface area (Å²) in [5.74, 6) is 0. The van der Waals surface area contributed by atoms with Gasteiger partial charge in [0.25, 0.3) is 9.05 Å². The molecule has 0 amide bonds. The van der Waals surface area contributed by atoms with Crippen LogP contribution in [0.2, 0.25) is 5.02 Å². The van der Waals surface area contributed by atoms with Crippen molar-refractivity contribution in [3.8, 4) is 5.69 Å². The van der Waals surface area contributed by atoms with Crippen molar-refractivity contribution in [1.82, 2.24) is 9.78 Å². The highest BCUT2D eigenvalue weighted by atomic mass is 35.7. The van der Waals surface area contributed by atoms with Crippen LogP contribution in [0.1, 0.15) is 5.56 Å². The van der Waals surface area contributed by atoms with E-state index in [2.05, 4.69) is 5.10 Å². The lowest BCUT2D eigenvalue weighted by Gasteiger charge is -2.08. The quantitative estimate of drug-likeness (QED) is 0.799. The molecule has 0 atom stereocenters. The Kier molecular flexibility index (Phi) is 3.16. The monoisotopic (exact) mass is 290 g/mol. The second kappa shape index (κ2) is 4.33. The molecule has 0 saturated carbocycles. The zero-order valence-corrected chi connectivity index (χ0v) is 11.1. The molecule has 1 aromatic heterocycles. The molecule has 0 spiro atoms. The molecule has 0 saturated heterocycles. The van der Waals surface area contributed by atoms with Crippen molar-refractivity contribution in [2.75, 3.05) is 0 Å². The van der Waals surface area contributed by atoms with Crippen LogP contribution in [0.15, 0.2) is 35.5 Å². The molecule has 1 heterocycles.